The van der Waals surface area contributed by atoms with Crippen molar-refractivity contribution in [1.29, 1.82) is 0 Å². The molecule has 5 heteroatoms. The zero-order chi connectivity index (χ0) is 13.0. The number of hydrogen-bond acceptors (Lipinski definition) is 3. The maximum atomic E-state index is 13.3. The summed E-state index contributed by atoms with van der Waals surface area (Å²) in [7, 11) is 0. The highest BCUT2D eigenvalue weighted by molar-refractivity contribution is 5.89. The second kappa shape index (κ2) is 5.91. The molecule has 0 N–H and O–H groups in total. The van der Waals surface area contributed by atoms with E-state index in [1.807, 2.05) is 0 Å². The van der Waals surface area contributed by atoms with Gasteiger partial charge in [0, 0.05) is 6.61 Å². The molecule has 1 saturated heterocycles. The van der Waals surface area contributed by atoms with Gasteiger partial charge in [-0.05, 0) is 37.5 Å². The molecular formula is C13H14F2O3. The fourth-order valence-corrected chi connectivity index (χ4v) is 1.84. The van der Waals surface area contributed by atoms with Crippen LogP contribution in [0.1, 0.15) is 29.6 Å². The van der Waals surface area contributed by atoms with E-state index < -0.39 is 17.6 Å². The van der Waals surface area contributed by atoms with Gasteiger partial charge in [0.25, 0.3) is 0 Å². The topological polar surface area (TPSA) is 35.5 Å². The number of carbonyl (C=O) groups excluding carboxylic acids is 1. The molecule has 0 aliphatic carbocycles. The molecule has 0 radical (unpaired) electrons. The molecule has 1 atom stereocenters. The molecule has 1 aromatic rings. The maximum Gasteiger partial charge on any atom is 0.341 e. The van der Waals surface area contributed by atoms with E-state index in [0.29, 0.717) is 6.61 Å². The number of hydrogen-bond donors (Lipinski definition) is 0. The largest absolute Gasteiger partial charge is 0.459 e. The van der Waals surface area contributed by atoms with Gasteiger partial charge in [0.2, 0.25) is 0 Å². The summed E-state index contributed by atoms with van der Waals surface area (Å²) in [4.78, 5) is 11.6. The molecule has 1 heterocycles. The molecule has 0 saturated carbocycles. The van der Waals surface area contributed by atoms with Gasteiger partial charge in [0.1, 0.15) is 18.2 Å². The summed E-state index contributed by atoms with van der Waals surface area (Å²) in [6.07, 6.45) is 2.71. The molecule has 1 fully saturated rings. The Hall–Kier alpha value is -1.49. The molecule has 2 rings (SSSR count). The quantitative estimate of drug-likeness (QED) is 0.780. The molecule has 1 aliphatic heterocycles. The third-order valence-corrected chi connectivity index (χ3v) is 2.82. The monoisotopic (exact) mass is 256 g/mol. The van der Waals surface area contributed by atoms with Gasteiger partial charge < -0.3 is 9.47 Å². The van der Waals surface area contributed by atoms with Crippen LogP contribution in [0.5, 0.6) is 0 Å². The molecule has 3 nitrogen and oxygen atoms in total. The van der Waals surface area contributed by atoms with E-state index in [0.717, 1.165) is 37.5 Å². The molecule has 1 unspecified atom stereocenters. The number of rotatable bonds is 3. The number of carbonyl (C=O) groups is 1. The van der Waals surface area contributed by atoms with Crippen LogP contribution in [0.2, 0.25) is 0 Å². The van der Waals surface area contributed by atoms with Gasteiger partial charge >= 0.3 is 5.97 Å². The maximum absolute atomic E-state index is 13.3. The highest BCUT2D eigenvalue weighted by atomic mass is 19.1. The molecule has 0 aromatic heterocycles. The lowest BCUT2D eigenvalue weighted by Gasteiger charge is -2.22. The standard InChI is InChI=1S/C13H14F2O3/c14-9-4-5-12(15)11(7-9)13(16)18-8-10-3-1-2-6-17-10/h4-5,7,10H,1-3,6,8H2. The smallest absolute Gasteiger partial charge is 0.341 e. The number of benzene rings is 1. The zero-order valence-electron chi connectivity index (χ0n) is 9.83. The molecule has 1 aliphatic rings. The summed E-state index contributed by atoms with van der Waals surface area (Å²) in [6.45, 7) is 0.728. The Bertz CT molecular complexity index is 428. The average molecular weight is 256 g/mol. The Labute approximate surface area is 104 Å². The van der Waals surface area contributed by atoms with Crippen LogP contribution in [0.4, 0.5) is 8.78 Å². The Kier molecular flexibility index (Phi) is 4.25. The van der Waals surface area contributed by atoms with Crippen LogP contribution < -0.4 is 0 Å². The van der Waals surface area contributed by atoms with Crippen LogP contribution in [0.3, 0.4) is 0 Å². The zero-order valence-corrected chi connectivity index (χ0v) is 9.83. The molecule has 0 bridgehead atoms. The molecule has 0 spiro atoms. The minimum atomic E-state index is -0.860. The van der Waals surface area contributed by atoms with Crippen LogP contribution in [0.15, 0.2) is 18.2 Å². The summed E-state index contributed by atoms with van der Waals surface area (Å²) < 4.78 is 36.5. The normalized spacial score (nSPS) is 19.6. The fraction of sp³-hybridized carbons (Fsp3) is 0.462. The Balaban J connectivity index is 1.92. The Morgan fingerprint density at radius 1 is 1.39 bits per heavy atom. The lowest BCUT2D eigenvalue weighted by molar-refractivity contribution is -0.0302. The highest BCUT2D eigenvalue weighted by Crippen LogP contribution is 2.15. The van der Waals surface area contributed by atoms with Gasteiger partial charge in [0.05, 0.1) is 11.7 Å². The average Bonchev–Trinajstić information content (AvgIpc) is 2.40. The van der Waals surface area contributed by atoms with E-state index in [1.165, 1.54) is 0 Å². The van der Waals surface area contributed by atoms with Gasteiger partial charge in [-0.3, -0.25) is 0 Å². The molecular weight excluding hydrogens is 242 g/mol. The second-order valence-electron chi connectivity index (χ2n) is 4.21. The summed E-state index contributed by atoms with van der Waals surface area (Å²) in [5.41, 5.74) is -0.384. The summed E-state index contributed by atoms with van der Waals surface area (Å²) >= 11 is 0. The summed E-state index contributed by atoms with van der Waals surface area (Å²) in [5.74, 6) is -2.32. The SMILES string of the molecule is O=C(OCC1CCCCO1)c1cc(F)ccc1F. The van der Waals surface area contributed by atoms with Crippen molar-refractivity contribution < 1.29 is 23.0 Å². The van der Waals surface area contributed by atoms with Crippen molar-refractivity contribution in [3.63, 3.8) is 0 Å². The van der Waals surface area contributed by atoms with Gasteiger partial charge in [-0.15, -0.1) is 0 Å². The predicted molar refractivity (Wildman–Crippen MR) is 60.2 cm³/mol. The summed E-state index contributed by atoms with van der Waals surface area (Å²) in [5, 5.41) is 0. The van der Waals surface area contributed by atoms with E-state index in [4.69, 9.17) is 9.47 Å². The van der Waals surface area contributed by atoms with Crippen molar-refractivity contribution in [2.45, 2.75) is 25.4 Å². The van der Waals surface area contributed by atoms with E-state index in [-0.39, 0.29) is 18.3 Å². The van der Waals surface area contributed by atoms with Crippen molar-refractivity contribution in [2.24, 2.45) is 0 Å². The number of halogens is 2. The fourth-order valence-electron chi connectivity index (χ4n) is 1.84. The number of ether oxygens (including phenoxy) is 2. The lowest BCUT2D eigenvalue weighted by Crippen LogP contribution is -2.26. The van der Waals surface area contributed by atoms with Crippen molar-refractivity contribution in [1.82, 2.24) is 0 Å². The first-order valence-corrected chi connectivity index (χ1v) is 5.90. The van der Waals surface area contributed by atoms with Gasteiger partial charge in [-0.2, -0.15) is 0 Å². The third kappa shape index (κ3) is 3.26. The van der Waals surface area contributed by atoms with Crippen LogP contribution in [0.25, 0.3) is 0 Å². The summed E-state index contributed by atoms with van der Waals surface area (Å²) in [6, 6.07) is 2.69. The first-order chi connectivity index (χ1) is 8.66. The first-order valence-electron chi connectivity index (χ1n) is 5.90. The first kappa shape index (κ1) is 13.0. The van der Waals surface area contributed by atoms with Gasteiger partial charge in [0.15, 0.2) is 0 Å². The van der Waals surface area contributed by atoms with Gasteiger partial charge in [-0.1, -0.05) is 0 Å². The van der Waals surface area contributed by atoms with Gasteiger partial charge in [-0.25, -0.2) is 13.6 Å². The predicted octanol–water partition coefficient (Wildman–Crippen LogP) is 2.69. The van der Waals surface area contributed by atoms with E-state index >= 15 is 0 Å². The molecule has 0 amide bonds. The van der Waals surface area contributed by atoms with Crippen LogP contribution >= 0.6 is 0 Å². The van der Waals surface area contributed by atoms with Crippen molar-refractivity contribution in [3.05, 3.63) is 35.4 Å². The van der Waals surface area contributed by atoms with Crippen molar-refractivity contribution in [2.75, 3.05) is 13.2 Å². The molecule has 1 aromatic carbocycles. The highest BCUT2D eigenvalue weighted by Gasteiger charge is 2.19. The molecule has 98 valence electrons. The minimum absolute atomic E-state index is 0.0782. The minimum Gasteiger partial charge on any atom is -0.459 e. The van der Waals surface area contributed by atoms with E-state index in [1.54, 1.807) is 0 Å². The Morgan fingerprint density at radius 2 is 2.22 bits per heavy atom. The van der Waals surface area contributed by atoms with Crippen LogP contribution in [-0.4, -0.2) is 25.3 Å². The Morgan fingerprint density at radius 3 is 2.94 bits per heavy atom. The lowest BCUT2D eigenvalue weighted by atomic mass is 10.1. The molecule has 18 heavy (non-hydrogen) atoms. The van der Waals surface area contributed by atoms with Crippen molar-refractivity contribution in [3.8, 4) is 0 Å². The number of esters is 1. The second-order valence-corrected chi connectivity index (χ2v) is 4.21. The van der Waals surface area contributed by atoms with Crippen molar-refractivity contribution >= 4 is 5.97 Å². The van der Waals surface area contributed by atoms with Crippen LogP contribution in [0, 0.1) is 11.6 Å². The van der Waals surface area contributed by atoms with Crippen LogP contribution in [-0.2, 0) is 9.47 Å². The third-order valence-electron chi connectivity index (χ3n) is 2.82. The van der Waals surface area contributed by atoms with E-state index in [9.17, 15) is 13.6 Å². The van der Waals surface area contributed by atoms with E-state index in [2.05, 4.69) is 0 Å².